The van der Waals surface area contributed by atoms with Gasteiger partial charge in [-0.2, -0.15) is 0 Å². The van der Waals surface area contributed by atoms with Crippen molar-refractivity contribution in [2.75, 3.05) is 40.5 Å². The molecule has 4 heteroatoms. The lowest BCUT2D eigenvalue weighted by Gasteiger charge is -2.32. The third-order valence-corrected chi connectivity index (χ3v) is 4.11. The number of nitrogens with two attached hydrogens (primary N) is 1. The Morgan fingerprint density at radius 1 is 1.17 bits per heavy atom. The van der Waals surface area contributed by atoms with Crippen molar-refractivity contribution in [2.45, 2.75) is 50.6 Å². The van der Waals surface area contributed by atoms with Crippen molar-refractivity contribution in [1.29, 1.82) is 0 Å². The second kappa shape index (κ2) is 8.10. The summed E-state index contributed by atoms with van der Waals surface area (Å²) in [4.78, 5) is 2.43. The van der Waals surface area contributed by atoms with Gasteiger partial charge in [0, 0.05) is 38.9 Å². The Morgan fingerprint density at radius 2 is 1.83 bits per heavy atom. The van der Waals surface area contributed by atoms with Gasteiger partial charge < -0.3 is 15.2 Å². The standard InChI is InChI=1S/C14H30N2O2/c1-13(12-18-3)16(10-11-17-2)9-8-14(15)6-4-5-7-14/h13H,4-12,15H2,1-3H3. The zero-order chi connectivity index (χ0) is 13.4. The van der Waals surface area contributed by atoms with E-state index in [9.17, 15) is 0 Å². The van der Waals surface area contributed by atoms with E-state index in [2.05, 4.69) is 11.8 Å². The fourth-order valence-corrected chi connectivity index (χ4v) is 2.80. The molecule has 1 aliphatic carbocycles. The molecule has 0 bridgehead atoms. The minimum atomic E-state index is 0.0815. The lowest BCUT2D eigenvalue weighted by molar-refractivity contribution is 0.0701. The Labute approximate surface area is 112 Å². The predicted octanol–water partition coefficient (Wildman–Crippen LogP) is 1.63. The Bertz CT molecular complexity index is 218. The number of hydrogen-bond donors (Lipinski definition) is 1. The topological polar surface area (TPSA) is 47.7 Å². The highest BCUT2D eigenvalue weighted by Gasteiger charge is 2.29. The van der Waals surface area contributed by atoms with Crippen LogP contribution in [0.5, 0.6) is 0 Å². The van der Waals surface area contributed by atoms with Crippen molar-refractivity contribution in [2.24, 2.45) is 5.73 Å². The molecule has 0 amide bonds. The summed E-state index contributed by atoms with van der Waals surface area (Å²) in [5, 5.41) is 0. The van der Waals surface area contributed by atoms with Crippen LogP contribution in [-0.4, -0.2) is 57.0 Å². The quantitative estimate of drug-likeness (QED) is 0.683. The molecular formula is C14H30N2O2. The van der Waals surface area contributed by atoms with Gasteiger partial charge in [0.2, 0.25) is 0 Å². The molecule has 1 rings (SSSR count). The van der Waals surface area contributed by atoms with Crippen LogP contribution in [0.3, 0.4) is 0 Å². The van der Waals surface area contributed by atoms with E-state index in [1.807, 2.05) is 0 Å². The van der Waals surface area contributed by atoms with E-state index in [0.717, 1.165) is 32.7 Å². The zero-order valence-electron chi connectivity index (χ0n) is 12.3. The molecule has 1 saturated carbocycles. The molecular weight excluding hydrogens is 228 g/mol. The van der Waals surface area contributed by atoms with Crippen molar-refractivity contribution in [3.05, 3.63) is 0 Å². The molecule has 108 valence electrons. The molecule has 18 heavy (non-hydrogen) atoms. The fraction of sp³-hybridized carbons (Fsp3) is 1.00. The predicted molar refractivity (Wildman–Crippen MR) is 74.8 cm³/mol. The maximum Gasteiger partial charge on any atom is 0.0615 e. The summed E-state index contributed by atoms with van der Waals surface area (Å²) in [5.41, 5.74) is 6.50. The molecule has 0 saturated heterocycles. The van der Waals surface area contributed by atoms with Gasteiger partial charge >= 0.3 is 0 Å². The molecule has 0 aromatic heterocycles. The molecule has 0 heterocycles. The lowest BCUT2D eigenvalue weighted by atomic mass is 9.94. The first-order valence-corrected chi connectivity index (χ1v) is 7.12. The van der Waals surface area contributed by atoms with E-state index in [-0.39, 0.29) is 5.54 Å². The minimum absolute atomic E-state index is 0.0815. The number of rotatable bonds is 9. The van der Waals surface area contributed by atoms with Gasteiger partial charge in [0.25, 0.3) is 0 Å². The van der Waals surface area contributed by atoms with Gasteiger partial charge in [-0.1, -0.05) is 12.8 Å². The molecule has 2 N–H and O–H groups in total. The average molecular weight is 258 g/mol. The molecule has 1 aliphatic rings. The number of nitrogens with zero attached hydrogens (tertiary/aromatic N) is 1. The molecule has 4 nitrogen and oxygen atoms in total. The van der Waals surface area contributed by atoms with E-state index in [0.29, 0.717) is 6.04 Å². The number of methoxy groups -OCH3 is 2. The molecule has 0 spiro atoms. The first-order valence-electron chi connectivity index (χ1n) is 7.12. The van der Waals surface area contributed by atoms with E-state index >= 15 is 0 Å². The Balaban J connectivity index is 2.39. The van der Waals surface area contributed by atoms with Gasteiger partial charge in [0.15, 0.2) is 0 Å². The molecule has 0 aromatic rings. The summed E-state index contributed by atoms with van der Waals surface area (Å²) < 4.78 is 10.4. The van der Waals surface area contributed by atoms with Crippen LogP contribution in [0.4, 0.5) is 0 Å². The summed E-state index contributed by atoms with van der Waals surface area (Å²) >= 11 is 0. The molecule has 0 aromatic carbocycles. The normalized spacial score (nSPS) is 20.5. The van der Waals surface area contributed by atoms with Gasteiger partial charge in [0.05, 0.1) is 13.2 Å². The first kappa shape index (κ1) is 15.9. The third kappa shape index (κ3) is 5.22. The Morgan fingerprint density at radius 3 is 2.39 bits per heavy atom. The minimum Gasteiger partial charge on any atom is -0.383 e. The molecule has 1 atom stereocenters. The lowest BCUT2D eigenvalue weighted by Crippen LogP contribution is -2.45. The van der Waals surface area contributed by atoms with Crippen LogP contribution in [0, 0.1) is 0 Å². The van der Waals surface area contributed by atoms with E-state index in [1.54, 1.807) is 14.2 Å². The van der Waals surface area contributed by atoms with Crippen molar-refractivity contribution >= 4 is 0 Å². The van der Waals surface area contributed by atoms with Gasteiger partial charge in [0.1, 0.15) is 0 Å². The maximum atomic E-state index is 6.42. The largest absolute Gasteiger partial charge is 0.383 e. The molecule has 1 fully saturated rings. The number of ether oxygens (including phenoxy) is 2. The van der Waals surface area contributed by atoms with Crippen molar-refractivity contribution < 1.29 is 9.47 Å². The first-order chi connectivity index (χ1) is 8.61. The van der Waals surface area contributed by atoms with Crippen LogP contribution in [-0.2, 0) is 9.47 Å². The van der Waals surface area contributed by atoms with E-state index < -0.39 is 0 Å². The van der Waals surface area contributed by atoms with Crippen LogP contribution in [0.2, 0.25) is 0 Å². The highest BCUT2D eigenvalue weighted by Crippen LogP contribution is 2.30. The smallest absolute Gasteiger partial charge is 0.0615 e. The summed E-state index contributed by atoms with van der Waals surface area (Å²) in [7, 11) is 3.51. The zero-order valence-corrected chi connectivity index (χ0v) is 12.3. The highest BCUT2D eigenvalue weighted by atomic mass is 16.5. The van der Waals surface area contributed by atoms with Crippen LogP contribution >= 0.6 is 0 Å². The summed E-state index contributed by atoms with van der Waals surface area (Å²) in [6.45, 7) is 5.74. The highest BCUT2D eigenvalue weighted by molar-refractivity contribution is 4.90. The second-order valence-corrected chi connectivity index (χ2v) is 5.65. The van der Waals surface area contributed by atoms with Crippen LogP contribution in [0.15, 0.2) is 0 Å². The Hall–Kier alpha value is -0.160. The summed E-state index contributed by atoms with van der Waals surface area (Å²) in [6.07, 6.45) is 6.04. The molecule has 1 unspecified atom stereocenters. The second-order valence-electron chi connectivity index (χ2n) is 5.65. The monoisotopic (exact) mass is 258 g/mol. The summed E-state index contributed by atoms with van der Waals surface area (Å²) in [5.74, 6) is 0. The van der Waals surface area contributed by atoms with Gasteiger partial charge in [-0.15, -0.1) is 0 Å². The van der Waals surface area contributed by atoms with E-state index in [4.69, 9.17) is 15.2 Å². The number of hydrogen-bond acceptors (Lipinski definition) is 4. The fourth-order valence-electron chi connectivity index (χ4n) is 2.80. The molecule has 0 radical (unpaired) electrons. The van der Waals surface area contributed by atoms with Crippen LogP contribution in [0.25, 0.3) is 0 Å². The van der Waals surface area contributed by atoms with Gasteiger partial charge in [-0.05, 0) is 26.2 Å². The Kier molecular flexibility index (Phi) is 7.15. The van der Waals surface area contributed by atoms with Crippen molar-refractivity contribution in [3.8, 4) is 0 Å². The van der Waals surface area contributed by atoms with E-state index in [1.165, 1.54) is 25.7 Å². The van der Waals surface area contributed by atoms with Crippen LogP contribution < -0.4 is 5.73 Å². The van der Waals surface area contributed by atoms with Crippen molar-refractivity contribution in [3.63, 3.8) is 0 Å². The van der Waals surface area contributed by atoms with Crippen LogP contribution in [0.1, 0.15) is 39.0 Å². The third-order valence-electron chi connectivity index (χ3n) is 4.11. The summed E-state index contributed by atoms with van der Waals surface area (Å²) in [6, 6.07) is 0.426. The van der Waals surface area contributed by atoms with Gasteiger partial charge in [-0.25, -0.2) is 0 Å². The van der Waals surface area contributed by atoms with Crippen molar-refractivity contribution in [1.82, 2.24) is 4.90 Å². The molecule has 0 aliphatic heterocycles. The maximum absolute atomic E-state index is 6.42. The SMILES string of the molecule is COCCN(CCC1(N)CCCC1)C(C)COC. The van der Waals surface area contributed by atoms with Gasteiger partial charge in [-0.3, -0.25) is 4.90 Å². The average Bonchev–Trinajstić information content (AvgIpc) is 2.77.